The molecular weight excluding hydrogens is 268 g/mol. The monoisotopic (exact) mass is 288 g/mol. The van der Waals surface area contributed by atoms with Gasteiger partial charge in [0.05, 0.1) is 28.7 Å². The molecule has 112 valence electrons. The number of carbonyl (C=O) groups is 1. The third-order valence-electron chi connectivity index (χ3n) is 4.25. The fraction of sp³-hybridized carbons (Fsp3) is 0.500. The van der Waals surface area contributed by atoms with Crippen molar-refractivity contribution in [1.29, 1.82) is 0 Å². The minimum atomic E-state index is -0.912. The molecule has 2 aromatic rings. The van der Waals surface area contributed by atoms with E-state index in [-0.39, 0.29) is 5.54 Å². The van der Waals surface area contributed by atoms with Gasteiger partial charge in [0.1, 0.15) is 5.82 Å². The topological polar surface area (TPSA) is 64.3 Å². The van der Waals surface area contributed by atoms with Crippen LogP contribution in [0.4, 0.5) is 0 Å². The number of carboxylic acids is 1. The van der Waals surface area contributed by atoms with E-state index in [1.54, 1.807) is 12.1 Å². The fourth-order valence-electron chi connectivity index (χ4n) is 3.26. The minimum absolute atomic E-state index is 0.232. The first kappa shape index (κ1) is 14.1. The Bertz CT molecular complexity index is 684. The maximum atomic E-state index is 11.6. The maximum absolute atomic E-state index is 11.6. The van der Waals surface area contributed by atoms with Crippen molar-refractivity contribution in [2.75, 3.05) is 13.2 Å². The summed E-state index contributed by atoms with van der Waals surface area (Å²) in [5.41, 5.74) is 1.55. The average molecular weight is 288 g/mol. The largest absolute Gasteiger partial charge is 0.478 e. The Kier molecular flexibility index (Phi) is 3.45. The minimum Gasteiger partial charge on any atom is -0.478 e. The third kappa shape index (κ3) is 2.21. The molecule has 1 saturated heterocycles. The molecule has 5 heteroatoms. The van der Waals surface area contributed by atoms with E-state index in [0.29, 0.717) is 12.2 Å². The van der Waals surface area contributed by atoms with Crippen LogP contribution in [0.1, 0.15) is 42.9 Å². The zero-order chi connectivity index (χ0) is 15.0. The maximum Gasteiger partial charge on any atom is 0.337 e. The predicted molar refractivity (Wildman–Crippen MR) is 79.8 cm³/mol. The molecule has 1 N–H and O–H groups in total. The lowest BCUT2D eigenvalue weighted by Crippen LogP contribution is -2.40. The van der Waals surface area contributed by atoms with E-state index >= 15 is 0 Å². The normalized spacial score (nSPS) is 22.6. The molecule has 21 heavy (non-hydrogen) atoms. The Labute approximate surface area is 123 Å². The average Bonchev–Trinajstić information content (AvgIpc) is 2.86. The van der Waals surface area contributed by atoms with E-state index in [1.807, 2.05) is 13.0 Å². The van der Waals surface area contributed by atoms with E-state index < -0.39 is 5.97 Å². The van der Waals surface area contributed by atoms with Gasteiger partial charge in [0.25, 0.3) is 0 Å². The lowest BCUT2D eigenvalue weighted by atomic mass is 9.93. The first-order valence-corrected chi connectivity index (χ1v) is 7.38. The SMILES string of the molecule is CCc1nc2cccc(C(=O)O)c2n1C1(C)CCCOC1. The van der Waals surface area contributed by atoms with Crippen LogP contribution in [-0.2, 0) is 16.7 Å². The molecule has 5 nitrogen and oxygen atoms in total. The van der Waals surface area contributed by atoms with Crippen molar-refractivity contribution in [1.82, 2.24) is 9.55 Å². The van der Waals surface area contributed by atoms with E-state index in [1.165, 1.54) is 0 Å². The van der Waals surface area contributed by atoms with E-state index in [0.717, 1.165) is 42.7 Å². The summed E-state index contributed by atoms with van der Waals surface area (Å²) in [6.07, 6.45) is 2.72. The van der Waals surface area contributed by atoms with Crippen molar-refractivity contribution in [2.24, 2.45) is 0 Å². The molecule has 1 aliphatic heterocycles. The Morgan fingerprint density at radius 3 is 2.95 bits per heavy atom. The number of para-hydroxylation sites is 1. The van der Waals surface area contributed by atoms with Crippen LogP contribution in [0.15, 0.2) is 18.2 Å². The van der Waals surface area contributed by atoms with Crippen molar-refractivity contribution in [3.63, 3.8) is 0 Å². The highest BCUT2D eigenvalue weighted by atomic mass is 16.5. The van der Waals surface area contributed by atoms with Crippen LogP contribution in [0.2, 0.25) is 0 Å². The summed E-state index contributed by atoms with van der Waals surface area (Å²) in [5.74, 6) is 0.0106. The van der Waals surface area contributed by atoms with Crippen LogP contribution in [0, 0.1) is 0 Å². The molecule has 1 fully saturated rings. The van der Waals surface area contributed by atoms with Crippen LogP contribution >= 0.6 is 0 Å². The number of imidazole rings is 1. The third-order valence-corrected chi connectivity index (χ3v) is 4.25. The molecule has 0 spiro atoms. The van der Waals surface area contributed by atoms with Gasteiger partial charge < -0.3 is 14.4 Å². The molecule has 1 atom stereocenters. The summed E-state index contributed by atoms with van der Waals surface area (Å²) in [4.78, 5) is 16.2. The second-order valence-electron chi connectivity index (χ2n) is 5.85. The lowest BCUT2D eigenvalue weighted by Gasteiger charge is -2.36. The number of hydrogen-bond donors (Lipinski definition) is 1. The van der Waals surface area contributed by atoms with E-state index in [4.69, 9.17) is 4.74 Å². The number of carboxylic acid groups (broad SMARTS) is 1. The second-order valence-corrected chi connectivity index (χ2v) is 5.85. The van der Waals surface area contributed by atoms with Crippen molar-refractivity contribution in [3.8, 4) is 0 Å². The number of aromatic nitrogens is 2. The van der Waals surface area contributed by atoms with Gasteiger partial charge in [-0.2, -0.15) is 0 Å². The number of aromatic carboxylic acids is 1. The summed E-state index contributed by atoms with van der Waals surface area (Å²) in [6, 6.07) is 5.28. The van der Waals surface area contributed by atoms with Gasteiger partial charge in [-0.25, -0.2) is 9.78 Å². The first-order chi connectivity index (χ1) is 10.1. The zero-order valence-electron chi connectivity index (χ0n) is 12.4. The van der Waals surface area contributed by atoms with Crippen molar-refractivity contribution in [2.45, 2.75) is 38.6 Å². The van der Waals surface area contributed by atoms with Crippen molar-refractivity contribution < 1.29 is 14.6 Å². The number of benzene rings is 1. The molecule has 0 aliphatic carbocycles. The summed E-state index contributed by atoms with van der Waals surface area (Å²) < 4.78 is 7.76. The summed E-state index contributed by atoms with van der Waals surface area (Å²) in [6.45, 7) is 5.55. The number of hydrogen-bond acceptors (Lipinski definition) is 3. The van der Waals surface area contributed by atoms with Gasteiger partial charge in [-0.05, 0) is 31.9 Å². The van der Waals surface area contributed by atoms with E-state index in [9.17, 15) is 9.90 Å². The molecular formula is C16H20N2O3. The molecule has 0 bridgehead atoms. The van der Waals surface area contributed by atoms with Crippen LogP contribution < -0.4 is 0 Å². The Balaban J connectivity index is 2.31. The number of nitrogens with zero attached hydrogens (tertiary/aromatic N) is 2. The van der Waals surface area contributed by atoms with Gasteiger partial charge in [0.2, 0.25) is 0 Å². The van der Waals surface area contributed by atoms with E-state index in [2.05, 4.69) is 16.5 Å². The quantitative estimate of drug-likeness (QED) is 0.943. The zero-order valence-corrected chi connectivity index (χ0v) is 12.4. The van der Waals surface area contributed by atoms with Crippen LogP contribution in [-0.4, -0.2) is 33.8 Å². The Hall–Kier alpha value is -1.88. The molecule has 1 aliphatic rings. The molecule has 2 heterocycles. The molecule has 0 amide bonds. The van der Waals surface area contributed by atoms with Gasteiger partial charge >= 0.3 is 5.97 Å². The van der Waals surface area contributed by atoms with Gasteiger partial charge in [-0.15, -0.1) is 0 Å². The molecule has 1 aromatic carbocycles. The van der Waals surface area contributed by atoms with Gasteiger partial charge in [0.15, 0.2) is 0 Å². The van der Waals surface area contributed by atoms with Gasteiger partial charge in [-0.3, -0.25) is 0 Å². The van der Waals surface area contributed by atoms with Gasteiger partial charge in [-0.1, -0.05) is 13.0 Å². The highest BCUT2D eigenvalue weighted by Crippen LogP contribution is 2.34. The molecule has 0 radical (unpaired) electrons. The highest BCUT2D eigenvalue weighted by Gasteiger charge is 2.34. The Morgan fingerprint density at radius 1 is 1.52 bits per heavy atom. The molecule has 1 unspecified atom stereocenters. The van der Waals surface area contributed by atoms with Gasteiger partial charge in [0, 0.05) is 13.0 Å². The summed E-state index contributed by atoms with van der Waals surface area (Å²) >= 11 is 0. The number of rotatable bonds is 3. The lowest BCUT2D eigenvalue weighted by molar-refractivity contribution is 0.0101. The number of ether oxygens (including phenoxy) is 1. The smallest absolute Gasteiger partial charge is 0.337 e. The van der Waals surface area contributed by atoms with Crippen LogP contribution in [0.25, 0.3) is 11.0 Å². The molecule has 0 saturated carbocycles. The van der Waals surface area contributed by atoms with Crippen LogP contribution in [0.3, 0.4) is 0 Å². The number of fused-ring (bicyclic) bond motifs is 1. The van der Waals surface area contributed by atoms with Crippen LogP contribution in [0.5, 0.6) is 0 Å². The first-order valence-electron chi connectivity index (χ1n) is 7.38. The molecule has 1 aromatic heterocycles. The fourth-order valence-corrected chi connectivity index (χ4v) is 3.26. The predicted octanol–water partition coefficient (Wildman–Crippen LogP) is 2.82. The Morgan fingerprint density at radius 2 is 2.33 bits per heavy atom. The summed E-state index contributed by atoms with van der Waals surface area (Å²) in [7, 11) is 0. The number of aryl methyl sites for hydroxylation is 1. The van der Waals surface area contributed by atoms with Crippen molar-refractivity contribution in [3.05, 3.63) is 29.6 Å². The molecule has 3 rings (SSSR count). The second kappa shape index (κ2) is 5.15. The highest BCUT2D eigenvalue weighted by molar-refractivity contribution is 6.01. The summed E-state index contributed by atoms with van der Waals surface area (Å²) in [5, 5.41) is 9.50. The van der Waals surface area contributed by atoms with Crippen molar-refractivity contribution >= 4 is 17.0 Å². The standard InChI is InChI=1S/C16H20N2O3/c1-3-13-17-12-7-4-6-11(15(19)20)14(12)18(13)16(2)8-5-9-21-10-16/h4,6-7H,3,5,8-10H2,1-2H3,(H,19,20).